The van der Waals surface area contributed by atoms with Crippen LogP contribution in [-0.4, -0.2) is 26.4 Å². The Hall–Kier alpha value is -4.15. The number of pyridine rings is 1. The van der Waals surface area contributed by atoms with Gasteiger partial charge in [-0.1, -0.05) is 97.7 Å². The largest absolute Gasteiger partial charge is 2.00 e. The van der Waals surface area contributed by atoms with E-state index in [-0.39, 0.29) is 31.9 Å². The second kappa shape index (κ2) is 14.0. The molecule has 0 saturated heterocycles. The number of benzene rings is 3. The summed E-state index contributed by atoms with van der Waals surface area (Å²) in [4.78, 5) is 4.70. The van der Waals surface area contributed by atoms with Crippen molar-refractivity contribution in [1.82, 2.24) is 19.3 Å². The van der Waals surface area contributed by atoms with Crippen LogP contribution in [-0.2, 0) is 31.9 Å². The average molecular weight is 874 g/mol. The molecule has 1 unspecified atom stereocenters. The van der Waals surface area contributed by atoms with Crippen LogP contribution in [0.15, 0.2) is 78.5 Å². The Morgan fingerprint density at radius 1 is 0.846 bits per heavy atom. The van der Waals surface area contributed by atoms with Gasteiger partial charge in [0.1, 0.15) is 11.6 Å². The molecule has 0 fully saturated rings. The van der Waals surface area contributed by atoms with E-state index in [0.717, 1.165) is 50.3 Å². The molecule has 7 rings (SSSR count). The summed E-state index contributed by atoms with van der Waals surface area (Å²) < 4.78 is 16.5. The Bertz CT molecular complexity index is 2300. The van der Waals surface area contributed by atoms with Gasteiger partial charge in [-0.25, -0.2) is 4.98 Å². The minimum absolute atomic E-state index is 0. The van der Waals surface area contributed by atoms with E-state index in [1.165, 1.54) is 23.3 Å². The molecule has 0 aliphatic heterocycles. The topological polar surface area (TPSA) is 54.1 Å². The third kappa shape index (κ3) is 6.87. The van der Waals surface area contributed by atoms with Gasteiger partial charge in [-0.15, -0.1) is 35.7 Å². The van der Waals surface area contributed by atoms with E-state index in [1.807, 2.05) is 30.3 Å². The molecule has 3 aromatic heterocycles. The Labute approximate surface area is 323 Å². The van der Waals surface area contributed by atoms with Crippen LogP contribution in [0.5, 0.6) is 17.2 Å². The van der Waals surface area contributed by atoms with Crippen molar-refractivity contribution in [2.45, 2.75) is 92.4 Å². The molecule has 0 spiro atoms. The molecule has 0 bridgehead atoms. The number of methoxy groups -OCH3 is 1. The zero-order valence-corrected chi connectivity index (χ0v) is 34.6. The van der Waals surface area contributed by atoms with E-state index >= 15 is 0 Å². The number of hydrogen-bond donors (Lipinski definition) is 0. The van der Waals surface area contributed by atoms with Gasteiger partial charge in [0.15, 0.2) is 0 Å². The summed E-state index contributed by atoms with van der Waals surface area (Å²) in [5.74, 6) is 4.11. The smallest absolute Gasteiger partial charge is 0.509 e. The normalized spacial score (nSPS) is 18.0. The molecule has 0 N–H and O–H groups in total. The summed E-state index contributed by atoms with van der Waals surface area (Å²) in [6.45, 7) is 22.9. The first-order valence-electron chi connectivity index (χ1n) is 18.1. The van der Waals surface area contributed by atoms with Gasteiger partial charge < -0.3 is 14.0 Å². The molecular formula is C45H50N4O2Pt. The standard InChI is InChI=1S/C45H50N4O2.Pt/c1-27-20-29(3)40(30(4)21-27)41-42(44(5,6)7)47-49(43(41)45(8,9)10)31-22-28(2)23-34(24-31)51-33-16-17-36-35-14-12-13-15-37(35)48(38(36)25-33)39-26-32(50-11)18-19-46-39;/h12-20,22-23,26-27,30,40H,21H2,1-11H3;/q-2;+2/t27-,30-,40?;/m0./s1. The molecule has 6 aromatic rings. The van der Waals surface area contributed by atoms with Gasteiger partial charge in [-0.2, -0.15) is 16.7 Å². The zero-order chi connectivity index (χ0) is 36.4. The van der Waals surface area contributed by atoms with Gasteiger partial charge in [0.2, 0.25) is 0 Å². The quantitative estimate of drug-likeness (QED) is 0.124. The van der Waals surface area contributed by atoms with Crippen molar-refractivity contribution in [1.29, 1.82) is 0 Å². The Kier molecular flexibility index (Phi) is 10.1. The van der Waals surface area contributed by atoms with Gasteiger partial charge >= 0.3 is 21.1 Å². The fourth-order valence-electron chi connectivity index (χ4n) is 8.25. The van der Waals surface area contributed by atoms with E-state index in [9.17, 15) is 0 Å². The van der Waals surface area contributed by atoms with Crippen LogP contribution in [0.1, 0.15) is 97.2 Å². The van der Waals surface area contributed by atoms with Gasteiger partial charge in [0.05, 0.1) is 18.5 Å². The van der Waals surface area contributed by atoms with Gasteiger partial charge in [-0.3, -0.25) is 4.68 Å². The molecule has 6 nitrogen and oxygen atoms in total. The maximum Gasteiger partial charge on any atom is 2.00 e. The van der Waals surface area contributed by atoms with Crippen molar-refractivity contribution in [3.8, 4) is 28.8 Å². The molecule has 1 aliphatic carbocycles. The number of para-hydroxylation sites is 1. The van der Waals surface area contributed by atoms with Gasteiger partial charge in [0.25, 0.3) is 0 Å². The first kappa shape index (κ1) is 37.6. The van der Waals surface area contributed by atoms with Gasteiger partial charge in [0, 0.05) is 51.6 Å². The van der Waals surface area contributed by atoms with Crippen molar-refractivity contribution in [2.24, 2.45) is 11.8 Å². The Morgan fingerprint density at radius 3 is 2.29 bits per heavy atom. The first-order valence-corrected chi connectivity index (χ1v) is 18.1. The minimum Gasteiger partial charge on any atom is -0.509 e. The van der Waals surface area contributed by atoms with Crippen LogP contribution in [0.3, 0.4) is 0 Å². The molecule has 3 atom stereocenters. The molecule has 7 heteroatoms. The van der Waals surface area contributed by atoms with Gasteiger partial charge in [-0.05, 0) is 48.4 Å². The number of fused-ring (bicyclic) bond motifs is 3. The van der Waals surface area contributed by atoms with E-state index < -0.39 is 0 Å². The van der Waals surface area contributed by atoms with Crippen LogP contribution >= 0.6 is 0 Å². The molecule has 52 heavy (non-hydrogen) atoms. The molecule has 3 aromatic carbocycles. The summed E-state index contributed by atoms with van der Waals surface area (Å²) in [5.41, 5.74) is 8.76. The Morgan fingerprint density at radius 2 is 1.60 bits per heavy atom. The monoisotopic (exact) mass is 873 g/mol. The number of rotatable bonds is 6. The predicted octanol–water partition coefficient (Wildman–Crippen LogP) is 11.4. The van der Waals surface area contributed by atoms with E-state index in [1.54, 1.807) is 13.3 Å². The third-order valence-corrected chi connectivity index (χ3v) is 10.2. The zero-order valence-electron chi connectivity index (χ0n) is 32.3. The Balaban J connectivity index is 0.00000464. The number of aromatic nitrogens is 4. The molecule has 272 valence electrons. The van der Waals surface area contributed by atoms with E-state index in [2.05, 4.69) is 127 Å². The SMILES string of the molecule is COc1ccnc(-n2c3[c-]c(Oc4[c-]c(-n5nc(C(C)(C)C)c(C6C(C)=C[C@H](C)C[C@@H]6C)c5C(C)(C)C)cc(C)c4)ccc3c3ccccc32)c1.[Pt+2]. The fraction of sp³-hybridized carbons (Fsp3) is 0.378. The van der Waals surface area contributed by atoms with Crippen molar-refractivity contribution in [2.75, 3.05) is 7.11 Å². The third-order valence-electron chi connectivity index (χ3n) is 10.2. The number of ether oxygens (including phenoxy) is 2. The molecule has 0 amide bonds. The van der Waals surface area contributed by atoms with Crippen LogP contribution in [0.2, 0.25) is 0 Å². The maximum atomic E-state index is 6.63. The van der Waals surface area contributed by atoms with Crippen molar-refractivity contribution in [3.05, 3.63) is 113 Å². The molecule has 0 radical (unpaired) electrons. The first-order chi connectivity index (χ1) is 24.1. The van der Waals surface area contributed by atoms with Crippen LogP contribution in [0.25, 0.3) is 33.3 Å². The summed E-state index contributed by atoms with van der Waals surface area (Å²) in [7, 11) is 1.67. The summed E-state index contributed by atoms with van der Waals surface area (Å²) in [5, 5.41) is 7.66. The van der Waals surface area contributed by atoms with Crippen molar-refractivity contribution in [3.63, 3.8) is 0 Å². The molecule has 1 aliphatic rings. The van der Waals surface area contributed by atoms with Crippen LogP contribution in [0, 0.1) is 30.9 Å². The van der Waals surface area contributed by atoms with Crippen molar-refractivity contribution >= 4 is 21.8 Å². The number of hydrogen-bond acceptors (Lipinski definition) is 4. The van der Waals surface area contributed by atoms with Crippen LogP contribution in [0.4, 0.5) is 0 Å². The maximum absolute atomic E-state index is 6.63. The number of allylic oxidation sites excluding steroid dienone is 2. The van der Waals surface area contributed by atoms with E-state index in [0.29, 0.717) is 29.3 Å². The molecule has 3 heterocycles. The minimum atomic E-state index is -0.173. The summed E-state index contributed by atoms with van der Waals surface area (Å²) >= 11 is 0. The summed E-state index contributed by atoms with van der Waals surface area (Å²) in [6.07, 6.45) is 5.41. The number of aryl methyl sites for hydroxylation is 1. The summed E-state index contributed by atoms with van der Waals surface area (Å²) in [6, 6.07) is 27.6. The number of nitrogens with zero attached hydrogens (tertiary/aromatic N) is 4. The molecule has 0 saturated carbocycles. The second-order valence-electron chi connectivity index (χ2n) is 16.6. The van der Waals surface area contributed by atoms with E-state index in [4.69, 9.17) is 19.6 Å². The molecular weight excluding hydrogens is 824 g/mol. The average Bonchev–Trinajstić information content (AvgIpc) is 3.61. The second-order valence-corrected chi connectivity index (χ2v) is 16.6. The van der Waals surface area contributed by atoms with Crippen molar-refractivity contribution < 1.29 is 30.5 Å². The van der Waals surface area contributed by atoms with Crippen LogP contribution < -0.4 is 9.47 Å². The predicted molar refractivity (Wildman–Crippen MR) is 208 cm³/mol. The fourth-order valence-corrected chi connectivity index (χ4v) is 8.25.